The second-order valence-electron chi connectivity index (χ2n) is 9.37. The molecule has 0 atom stereocenters. The summed E-state index contributed by atoms with van der Waals surface area (Å²) in [4.78, 5) is 16.2. The molecule has 9 heteroatoms. The number of halogens is 2. The van der Waals surface area contributed by atoms with Gasteiger partial charge in [-0.25, -0.2) is 15.0 Å². The zero-order valence-electron chi connectivity index (χ0n) is 19.3. The number of alkyl halides is 2. The molecule has 0 unspecified atom stereocenters. The van der Waals surface area contributed by atoms with E-state index in [0.717, 1.165) is 66.7 Å². The van der Waals surface area contributed by atoms with Crippen LogP contribution in [-0.4, -0.2) is 52.4 Å². The van der Waals surface area contributed by atoms with Gasteiger partial charge in [0, 0.05) is 42.0 Å². The molecule has 0 radical (unpaired) electrons. The summed E-state index contributed by atoms with van der Waals surface area (Å²) >= 11 is 0. The Hall–Kier alpha value is -3.59. The molecule has 2 saturated heterocycles. The first-order valence-electron chi connectivity index (χ1n) is 11.6. The third-order valence-electron chi connectivity index (χ3n) is 6.97. The molecular formula is C26H25F2N5O2. The second kappa shape index (κ2) is 8.57. The predicted octanol–water partition coefficient (Wildman–Crippen LogP) is 4.68. The maximum atomic E-state index is 12.9. The minimum Gasteiger partial charge on any atom is -0.434 e. The number of anilines is 1. The third-order valence-corrected chi connectivity index (χ3v) is 6.97. The predicted molar refractivity (Wildman–Crippen MR) is 128 cm³/mol. The summed E-state index contributed by atoms with van der Waals surface area (Å²) in [7, 11) is 0. The van der Waals surface area contributed by atoms with Crippen LogP contribution in [0.3, 0.4) is 0 Å². The fourth-order valence-electron chi connectivity index (χ4n) is 5.00. The minimum absolute atomic E-state index is 0.168. The van der Waals surface area contributed by atoms with Gasteiger partial charge in [0.1, 0.15) is 11.6 Å². The fourth-order valence-corrected chi connectivity index (χ4v) is 5.00. The van der Waals surface area contributed by atoms with Crippen molar-refractivity contribution in [1.82, 2.24) is 19.5 Å². The molecule has 4 heterocycles. The van der Waals surface area contributed by atoms with Gasteiger partial charge in [-0.3, -0.25) is 0 Å². The molecule has 2 aliphatic rings. The van der Waals surface area contributed by atoms with Gasteiger partial charge in [0.25, 0.3) is 0 Å². The first-order chi connectivity index (χ1) is 17.0. The van der Waals surface area contributed by atoms with E-state index in [9.17, 15) is 8.78 Å². The Morgan fingerprint density at radius 3 is 2.60 bits per heavy atom. The Labute approximate surface area is 201 Å². The SMILES string of the molecule is Cc1nc2ccc(-c3cnc(N4CCC5(COC5)C4)nc3)cc2n1Cc1ccccc1OC(F)F. The summed E-state index contributed by atoms with van der Waals surface area (Å²) < 4.78 is 37.9. The molecule has 2 aliphatic heterocycles. The highest BCUT2D eigenvalue weighted by Crippen LogP contribution is 2.38. The molecule has 180 valence electrons. The molecule has 7 nitrogen and oxygen atoms in total. The van der Waals surface area contributed by atoms with Crippen molar-refractivity contribution < 1.29 is 18.3 Å². The number of fused-ring (bicyclic) bond motifs is 1. The Bertz CT molecular complexity index is 1370. The largest absolute Gasteiger partial charge is 0.434 e. The van der Waals surface area contributed by atoms with E-state index in [4.69, 9.17) is 9.47 Å². The molecule has 0 N–H and O–H groups in total. The number of nitrogens with zero attached hydrogens (tertiary/aromatic N) is 5. The molecule has 1 spiro atoms. The Morgan fingerprint density at radius 1 is 1.09 bits per heavy atom. The van der Waals surface area contributed by atoms with Gasteiger partial charge in [0.15, 0.2) is 0 Å². The Kier molecular flexibility index (Phi) is 5.36. The monoisotopic (exact) mass is 477 g/mol. The Balaban J connectivity index is 1.28. The molecule has 0 aliphatic carbocycles. The van der Waals surface area contributed by atoms with Crippen LogP contribution in [0, 0.1) is 12.3 Å². The van der Waals surface area contributed by atoms with Crippen LogP contribution in [-0.2, 0) is 11.3 Å². The van der Waals surface area contributed by atoms with Crippen LogP contribution in [0.4, 0.5) is 14.7 Å². The van der Waals surface area contributed by atoms with Crippen molar-refractivity contribution in [2.24, 2.45) is 5.41 Å². The van der Waals surface area contributed by atoms with E-state index in [0.29, 0.717) is 12.1 Å². The number of benzene rings is 2. The number of imidazole rings is 1. The molecule has 0 amide bonds. The van der Waals surface area contributed by atoms with Gasteiger partial charge >= 0.3 is 6.61 Å². The van der Waals surface area contributed by atoms with Crippen molar-refractivity contribution in [1.29, 1.82) is 0 Å². The topological polar surface area (TPSA) is 65.3 Å². The third kappa shape index (κ3) is 4.10. The van der Waals surface area contributed by atoms with Crippen molar-refractivity contribution >= 4 is 17.0 Å². The number of para-hydroxylation sites is 1. The summed E-state index contributed by atoms with van der Waals surface area (Å²) in [5, 5.41) is 0. The van der Waals surface area contributed by atoms with Gasteiger partial charge in [0.2, 0.25) is 5.95 Å². The molecule has 2 fully saturated rings. The van der Waals surface area contributed by atoms with Gasteiger partial charge in [-0.1, -0.05) is 24.3 Å². The van der Waals surface area contributed by atoms with E-state index < -0.39 is 6.61 Å². The van der Waals surface area contributed by atoms with Crippen LogP contribution in [0.5, 0.6) is 5.75 Å². The van der Waals surface area contributed by atoms with Crippen LogP contribution in [0.15, 0.2) is 54.9 Å². The van der Waals surface area contributed by atoms with Gasteiger partial charge in [-0.05, 0) is 37.1 Å². The average Bonchev–Trinajstić information content (AvgIpc) is 3.42. The highest BCUT2D eigenvalue weighted by Gasteiger charge is 2.45. The van der Waals surface area contributed by atoms with Crippen LogP contribution < -0.4 is 9.64 Å². The average molecular weight is 478 g/mol. The summed E-state index contributed by atoms with van der Waals surface area (Å²) in [5.74, 6) is 1.70. The number of aryl methyl sites for hydroxylation is 1. The summed E-state index contributed by atoms with van der Waals surface area (Å²) in [6, 6.07) is 12.8. The first-order valence-corrected chi connectivity index (χ1v) is 11.6. The molecule has 4 aromatic rings. The lowest BCUT2D eigenvalue weighted by Gasteiger charge is -2.37. The number of hydrogen-bond acceptors (Lipinski definition) is 6. The van der Waals surface area contributed by atoms with Crippen molar-refractivity contribution in [2.45, 2.75) is 26.5 Å². The normalized spacial score (nSPS) is 16.9. The van der Waals surface area contributed by atoms with Crippen molar-refractivity contribution in [3.05, 3.63) is 66.2 Å². The van der Waals surface area contributed by atoms with Gasteiger partial charge in [-0.15, -0.1) is 0 Å². The number of hydrogen-bond donors (Lipinski definition) is 0. The highest BCUT2D eigenvalue weighted by atomic mass is 19.3. The lowest BCUT2D eigenvalue weighted by atomic mass is 9.85. The maximum Gasteiger partial charge on any atom is 0.387 e. The lowest BCUT2D eigenvalue weighted by molar-refractivity contribution is -0.0985. The van der Waals surface area contributed by atoms with E-state index in [-0.39, 0.29) is 11.2 Å². The maximum absolute atomic E-state index is 12.9. The van der Waals surface area contributed by atoms with E-state index in [2.05, 4.69) is 19.9 Å². The molecule has 2 aromatic carbocycles. The van der Waals surface area contributed by atoms with Crippen LogP contribution in [0.25, 0.3) is 22.2 Å². The van der Waals surface area contributed by atoms with E-state index >= 15 is 0 Å². The quantitative estimate of drug-likeness (QED) is 0.402. The molecular weight excluding hydrogens is 452 g/mol. The van der Waals surface area contributed by atoms with Crippen molar-refractivity contribution in [2.75, 3.05) is 31.2 Å². The molecule has 35 heavy (non-hydrogen) atoms. The smallest absolute Gasteiger partial charge is 0.387 e. The minimum atomic E-state index is -2.88. The van der Waals surface area contributed by atoms with E-state index in [1.807, 2.05) is 48.1 Å². The zero-order valence-corrected chi connectivity index (χ0v) is 19.3. The van der Waals surface area contributed by atoms with Crippen molar-refractivity contribution in [3.63, 3.8) is 0 Å². The van der Waals surface area contributed by atoms with Crippen molar-refractivity contribution in [3.8, 4) is 16.9 Å². The second-order valence-corrected chi connectivity index (χ2v) is 9.37. The van der Waals surface area contributed by atoms with Crippen LogP contribution in [0.2, 0.25) is 0 Å². The summed E-state index contributed by atoms with van der Waals surface area (Å²) in [6.45, 7) is 2.94. The van der Waals surface area contributed by atoms with Crippen LogP contribution in [0.1, 0.15) is 17.8 Å². The summed E-state index contributed by atoms with van der Waals surface area (Å²) in [5.41, 5.74) is 4.55. The Morgan fingerprint density at radius 2 is 1.89 bits per heavy atom. The number of aromatic nitrogens is 4. The zero-order chi connectivity index (χ0) is 24.0. The van der Waals surface area contributed by atoms with Gasteiger partial charge in [-0.2, -0.15) is 8.78 Å². The lowest BCUT2D eigenvalue weighted by Crippen LogP contribution is -2.44. The van der Waals surface area contributed by atoms with E-state index in [1.165, 1.54) is 0 Å². The fraction of sp³-hybridized carbons (Fsp3) is 0.346. The van der Waals surface area contributed by atoms with Gasteiger partial charge in [0.05, 0.1) is 30.8 Å². The van der Waals surface area contributed by atoms with Gasteiger partial charge < -0.3 is 18.9 Å². The van der Waals surface area contributed by atoms with Crippen LogP contribution >= 0.6 is 0 Å². The number of rotatable bonds is 6. The number of ether oxygens (including phenoxy) is 2. The van der Waals surface area contributed by atoms with E-state index in [1.54, 1.807) is 18.2 Å². The molecule has 0 bridgehead atoms. The summed E-state index contributed by atoms with van der Waals surface area (Å²) in [6.07, 6.45) is 4.82. The molecule has 2 aromatic heterocycles. The highest BCUT2D eigenvalue weighted by molar-refractivity contribution is 5.82. The molecule has 0 saturated carbocycles. The standard InChI is InChI=1S/C26H25F2N5O2/c1-17-31-21-7-6-18(10-22(21)33(17)13-19-4-2-3-5-23(19)35-24(27)28)20-11-29-25(30-12-20)32-9-8-26(14-32)15-34-16-26/h2-7,10-12,24H,8-9,13-16H2,1H3. The molecule has 6 rings (SSSR count). The first kappa shape index (κ1) is 21.9.